The standard InChI is InChI=1S/C16H26N4O6/c1-9(21)13(18-12(22)8-17)15(24)19-6-2-4-10(19)14(23)20-7-3-5-11(20)16(25)26/h9-11,13,21H,2-8,17H2,1H3,(H,18,22)(H,25,26). The number of aliphatic hydroxyl groups excluding tert-OH is 1. The fraction of sp³-hybridized carbons (Fsp3) is 0.750. The van der Waals surface area contributed by atoms with Crippen LogP contribution in [0.25, 0.3) is 0 Å². The van der Waals surface area contributed by atoms with E-state index in [1.807, 2.05) is 0 Å². The minimum absolute atomic E-state index is 0.308. The van der Waals surface area contributed by atoms with E-state index in [0.29, 0.717) is 38.8 Å². The predicted molar refractivity (Wildman–Crippen MR) is 89.8 cm³/mol. The van der Waals surface area contributed by atoms with Gasteiger partial charge in [0.1, 0.15) is 18.1 Å². The van der Waals surface area contributed by atoms with Gasteiger partial charge in [0.15, 0.2) is 0 Å². The largest absolute Gasteiger partial charge is 0.480 e. The molecule has 2 aliphatic rings. The molecule has 10 heteroatoms. The lowest BCUT2D eigenvalue weighted by molar-refractivity contribution is -0.152. The van der Waals surface area contributed by atoms with E-state index in [-0.39, 0.29) is 6.54 Å². The van der Waals surface area contributed by atoms with Crippen LogP contribution < -0.4 is 11.1 Å². The average Bonchev–Trinajstić information content (AvgIpc) is 3.26. The second kappa shape index (κ2) is 8.45. The number of rotatable bonds is 6. The fourth-order valence-electron chi connectivity index (χ4n) is 3.57. The molecule has 2 rings (SSSR count). The Labute approximate surface area is 151 Å². The molecule has 0 saturated carbocycles. The van der Waals surface area contributed by atoms with Gasteiger partial charge >= 0.3 is 5.97 Å². The summed E-state index contributed by atoms with van der Waals surface area (Å²) in [4.78, 5) is 51.2. The minimum Gasteiger partial charge on any atom is -0.480 e. The Morgan fingerprint density at radius 2 is 1.69 bits per heavy atom. The minimum atomic E-state index is -1.20. The van der Waals surface area contributed by atoms with E-state index < -0.39 is 47.9 Å². The number of carboxylic acid groups (broad SMARTS) is 1. The Morgan fingerprint density at radius 1 is 1.12 bits per heavy atom. The van der Waals surface area contributed by atoms with Crippen molar-refractivity contribution in [3.05, 3.63) is 0 Å². The van der Waals surface area contributed by atoms with Gasteiger partial charge in [0.2, 0.25) is 17.7 Å². The molecule has 146 valence electrons. The van der Waals surface area contributed by atoms with Crippen LogP contribution in [0, 0.1) is 0 Å². The summed E-state index contributed by atoms with van der Waals surface area (Å²) >= 11 is 0. The van der Waals surface area contributed by atoms with Crippen molar-refractivity contribution < 1.29 is 29.4 Å². The van der Waals surface area contributed by atoms with E-state index in [0.717, 1.165) is 0 Å². The summed E-state index contributed by atoms with van der Waals surface area (Å²) < 4.78 is 0. The Bertz CT molecular complexity index is 581. The molecule has 3 amide bonds. The van der Waals surface area contributed by atoms with Crippen molar-refractivity contribution in [2.24, 2.45) is 5.73 Å². The topological polar surface area (TPSA) is 153 Å². The average molecular weight is 370 g/mol. The molecule has 26 heavy (non-hydrogen) atoms. The van der Waals surface area contributed by atoms with Crippen molar-refractivity contribution in [1.82, 2.24) is 15.1 Å². The van der Waals surface area contributed by atoms with Crippen molar-refractivity contribution in [1.29, 1.82) is 0 Å². The number of amides is 3. The molecule has 2 aliphatic heterocycles. The van der Waals surface area contributed by atoms with Gasteiger partial charge in [0, 0.05) is 13.1 Å². The maximum absolute atomic E-state index is 12.8. The first-order valence-electron chi connectivity index (χ1n) is 8.79. The highest BCUT2D eigenvalue weighted by molar-refractivity contribution is 5.94. The first kappa shape index (κ1) is 20.1. The molecule has 0 aromatic rings. The number of nitrogens with two attached hydrogens (primary N) is 1. The van der Waals surface area contributed by atoms with Gasteiger partial charge in [-0.2, -0.15) is 0 Å². The van der Waals surface area contributed by atoms with Gasteiger partial charge in [-0.1, -0.05) is 0 Å². The summed E-state index contributed by atoms with van der Waals surface area (Å²) in [5.41, 5.74) is 5.24. The number of carboxylic acids is 1. The van der Waals surface area contributed by atoms with Gasteiger partial charge in [-0.3, -0.25) is 14.4 Å². The number of aliphatic carboxylic acids is 1. The van der Waals surface area contributed by atoms with Crippen molar-refractivity contribution in [2.75, 3.05) is 19.6 Å². The van der Waals surface area contributed by atoms with Crippen LogP contribution in [0.3, 0.4) is 0 Å². The molecule has 0 aromatic heterocycles. The van der Waals surface area contributed by atoms with Gasteiger partial charge in [-0.05, 0) is 32.6 Å². The van der Waals surface area contributed by atoms with E-state index >= 15 is 0 Å². The molecule has 2 saturated heterocycles. The van der Waals surface area contributed by atoms with Crippen LogP contribution in [0.1, 0.15) is 32.6 Å². The lowest BCUT2D eigenvalue weighted by Gasteiger charge is -2.33. The molecular weight excluding hydrogens is 344 g/mol. The van der Waals surface area contributed by atoms with Crippen molar-refractivity contribution >= 4 is 23.7 Å². The summed E-state index contributed by atoms with van der Waals surface area (Å²) in [6.45, 7) is 1.70. The Balaban J connectivity index is 2.15. The van der Waals surface area contributed by atoms with Crippen LogP contribution in [0.4, 0.5) is 0 Å². The number of carbonyl (C=O) groups excluding carboxylic acids is 3. The molecule has 0 radical (unpaired) electrons. The maximum Gasteiger partial charge on any atom is 0.326 e. The van der Waals surface area contributed by atoms with Gasteiger partial charge in [-0.15, -0.1) is 0 Å². The number of nitrogens with one attached hydrogen (secondary N) is 1. The lowest BCUT2D eigenvalue weighted by Crippen LogP contribution is -2.58. The predicted octanol–water partition coefficient (Wildman–Crippen LogP) is -2.12. The van der Waals surface area contributed by atoms with Crippen LogP contribution in [-0.2, 0) is 19.2 Å². The zero-order valence-corrected chi connectivity index (χ0v) is 14.8. The summed E-state index contributed by atoms with van der Waals surface area (Å²) in [5.74, 6) is -2.60. The third-order valence-corrected chi connectivity index (χ3v) is 4.89. The Hall–Kier alpha value is -2.20. The highest BCUT2D eigenvalue weighted by Gasteiger charge is 2.44. The summed E-state index contributed by atoms with van der Waals surface area (Å²) in [6.07, 6.45) is 0.847. The number of hydrogen-bond donors (Lipinski definition) is 4. The van der Waals surface area contributed by atoms with Crippen molar-refractivity contribution in [3.63, 3.8) is 0 Å². The van der Waals surface area contributed by atoms with Gasteiger partial charge in [0.25, 0.3) is 0 Å². The van der Waals surface area contributed by atoms with Crippen molar-refractivity contribution in [2.45, 2.75) is 56.8 Å². The van der Waals surface area contributed by atoms with Crippen LogP contribution in [0.2, 0.25) is 0 Å². The molecule has 2 fully saturated rings. The zero-order chi connectivity index (χ0) is 19.4. The molecule has 0 bridgehead atoms. The number of carbonyl (C=O) groups is 4. The van der Waals surface area contributed by atoms with Crippen LogP contribution >= 0.6 is 0 Å². The van der Waals surface area contributed by atoms with Crippen LogP contribution in [0.15, 0.2) is 0 Å². The molecule has 0 aromatic carbocycles. The van der Waals surface area contributed by atoms with Crippen LogP contribution in [-0.4, -0.2) is 87.6 Å². The first-order chi connectivity index (χ1) is 12.3. The second-order valence-corrected chi connectivity index (χ2v) is 6.71. The molecule has 4 unspecified atom stereocenters. The quantitative estimate of drug-likeness (QED) is 0.417. The number of hydrogen-bond acceptors (Lipinski definition) is 6. The van der Waals surface area contributed by atoms with E-state index in [2.05, 4.69) is 5.32 Å². The first-order valence-corrected chi connectivity index (χ1v) is 8.79. The van der Waals surface area contributed by atoms with Gasteiger partial charge in [0.05, 0.1) is 12.6 Å². The third kappa shape index (κ3) is 4.13. The zero-order valence-electron chi connectivity index (χ0n) is 14.8. The summed E-state index contributed by atoms with van der Waals surface area (Å²) in [5, 5.41) is 21.5. The maximum atomic E-state index is 12.8. The molecular formula is C16H26N4O6. The smallest absolute Gasteiger partial charge is 0.326 e. The lowest BCUT2D eigenvalue weighted by atomic mass is 10.1. The Kier molecular flexibility index (Phi) is 6.54. The van der Waals surface area contributed by atoms with Gasteiger partial charge in [-0.25, -0.2) is 4.79 Å². The highest BCUT2D eigenvalue weighted by Crippen LogP contribution is 2.25. The monoisotopic (exact) mass is 370 g/mol. The fourth-order valence-corrected chi connectivity index (χ4v) is 3.57. The SMILES string of the molecule is CC(O)C(NC(=O)CN)C(=O)N1CCCC1C(=O)N1CCCC1C(=O)O. The van der Waals surface area contributed by atoms with Gasteiger partial charge < -0.3 is 31.1 Å². The van der Waals surface area contributed by atoms with Crippen LogP contribution in [0.5, 0.6) is 0 Å². The molecule has 2 heterocycles. The van der Waals surface area contributed by atoms with E-state index in [1.165, 1.54) is 16.7 Å². The summed E-state index contributed by atoms with van der Waals surface area (Å²) in [7, 11) is 0. The molecule has 10 nitrogen and oxygen atoms in total. The third-order valence-electron chi connectivity index (χ3n) is 4.89. The van der Waals surface area contributed by atoms with E-state index in [1.54, 1.807) is 0 Å². The van der Waals surface area contributed by atoms with Crippen molar-refractivity contribution in [3.8, 4) is 0 Å². The van der Waals surface area contributed by atoms with E-state index in [9.17, 15) is 29.4 Å². The van der Waals surface area contributed by atoms with E-state index in [4.69, 9.17) is 5.73 Å². The molecule has 4 atom stereocenters. The highest BCUT2D eigenvalue weighted by atomic mass is 16.4. The normalized spacial score (nSPS) is 25.0. The number of aliphatic hydroxyl groups is 1. The number of likely N-dealkylation sites (tertiary alicyclic amines) is 2. The molecule has 0 aliphatic carbocycles. The summed E-state index contributed by atoms with van der Waals surface area (Å²) in [6, 6.07) is -2.85. The number of nitrogens with zero attached hydrogens (tertiary/aromatic N) is 2. The second-order valence-electron chi connectivity index (χ2n) is 6.71. The Morgan fingerprint density at radius 3 is 2.23 bits per heavy atom. The molecule has 5 N–H and O–H groups in total. The molecule has 0 spiro atoms.